The fourth-order valence-electron chi connectivity index (χ4n) is 4.24. The van der Waals surface area contributed by atoms with Gasteiger partial charge in [0.15, 0.2) is 0 Å². The van der Waals surface area contributed by atoms with Gasteiger partial charge in [-0.05, 0) is 86.8 Å². The lowest BCUT2D eigenvalue weighted by atomic mass is 9.99. The number of fused-ring (bicyclic) bond motifs is 2. The molecule has 0 aliphatic heterocycles. The van der Waals surface area contributed by atoms with Crippen LogP contribution in [0.4, 0.5) is 0 Å². The largest absolute Gasteiger partial charge is 0.155 e. The van der Waals surface area contributed by atoms with Gasteiger partial charge in [0.1, 0.15) is 0 Å². The fourth-order valence-corrected chi connectivity index (χ4v) is 4.24. The van der Waals surface area contributed by atoms with Crippen LogP contribution in [0.15, 0.2) is 34.5 Å². The minimum Gasteiger partial charge on any atom is -0.155 e. The molecule has 0 unspecified atom stereocenters. The lowest BCUT2D eigenvalue weighted by molar-refractivity contribution is 1.05. The first-order valence-electron chi connectivity index (χ1n) is 8.88. The molecule has 2 heteroatoms. The summed E-state index contributed by atoms with van der Waals surface area (Å²) in [5.41, 5.74) is 13.4. The van der Waals surface area contributed by atoms with E-state index in [-0.39, 0.29) is 0 Å². The first-order chi connectivity index (χ1) is 11.6. The van der Waals surface area contributed by atoms with Crippen molar-refractivity contribution in [3.63, 3.8) is 0 Å². The van der Waals surface area contributed by atoms with E-state index in [9.17, 15) is 0 Å². The molecule has 0 N–H and O–H groups in total. The topological polar surface area (TPSA) is 24.7 Å². The normalized spacial score (nSPS) is 19.2. The van der Waals surface area contributed by atoms with E-state index in [2.05, 4.69) is 52.0 Å². The molecule has 2 aromatic rings. The number of aryl methyl sites for hydroxylation is 4. The van der Waals surface area contributed by atoms with Gasteiger partial charge in [0, 0.05) is 11.1 Å². The molecule has 0 heterocycles. The number of hydrogen-bond acceptors (Lipinski definition) is 2. The van der Waals surface area contributed by atoms with Crippen molar-refractivity contribution in [2.45, 2.75) is 53.4 Å². The Morgan fingerprint density at radius 1 is 0.542 bits per heavy atom. The van der Waals surface area contributed by atoms with Gasteiger partial charge < -0.3 is 0 Å². The van der Waals surface area contributed by atoms with Crippen LogP contribution in [0.3, 0.4) is 0 Å². The second-order valence-corrected chi connectivity index (χ2v) is 7.20. The molecule has 0 radical (unpaired) electrons. The predicted octanol–water partition coefficient (Wildman–Crippen LogP) is 5.01. The van der Waals surface area contributed by atoms with E-state index in [0.29, 0.717) is 0 Å². The summed E-state index contributed by atoms with van der Waals surface area (Å²) in [5, 5.41) is 9.45. The SMILES string of the molecule is Cc1ccc(C)c2c1CC/C2=N\N=C1/CCc2c(C)ccc(C)c21. The van der Waals surface area contributed by atoms with Gasteiger partial charge in [0.2, 0.25) is 0 Å². The summed E-state index contributed by atoms with van der Waals surface area (Å²) in [5.74, 6) is 0. The van der Waals surface area contributed by atoms with Crippen LogP contribution in [-0.2, 0) is 12.8 Å². The molecule has 0 amide bonds. The standard InChI is InChI=1S/C22H24N2/c1-13-5-7-15(3)21-17(13)9-11-19(21)23-24-20-12-10-18-14(2)6-8-16(4)22(18)20/h5-8H,9-12H2,1-4H3/b23-19+,24-20+. The Bertz CT molecular complexity index is 825. The van der Waals surface area contributed by atoms with Crippen LogP contribution in [0.5, 0.6) is 0 Å². The second kappa shape index (κ2) is 5.70. The maximum atomic E-state index is 4.72. The Balaban J connectivity index is 1.77. The molecule has 2 nitrogen and oxygen atoms in total. The first-order valence-corrected chi connectivity index (χ1v) is 8.88. The summed E-state index contributed by atoms with van der Waals surface area (Å²) in [7, 11) is 0. The summed E-state index contributed by atoms with van der Waals surface area (Å²) in [6.45, 7) is 8.77. The molecule has 0 saturated heterocycles. The van der Waals surface area contributed by atoms with Crippen molar-refractivity contribution in [3.05, 3.63) is 68.8 Å². The van der Waals surface area contributed by atoms with Gasteiger partial charge in [-0.25, -0.2) is 0 Å². The highest BCUT2D eigenvalue weighted by Gasteiger charge is 2.24. The molecule has 2 aliphatic rings. The van der Waals surface area contributed by atoms with Crippen LogP contribution < -0.4 is 0 Å². The fraction of sp³-hybridized carbons (Fsp3) is 0.364. The van der Waals surface area contributed by atoms with Crippen molar-refractivity contribution < 1.29 is 0 Å². The van der Waals surface area contributed by atoms with Crippen molar-refractivity contribution in [1.29, 1.82) is 0 Å². The molecule has 2 aliphatic carbocycles. The zero-order valence-corrected chi connectivity index (χ0v) is 15.0. The molecule has 24 heavy (non-hydrogen) atoms. The maximum absolute atomic E-state index is 4.72. The van der Waals surface area contributed by atoms with Crippen molar-refractivity contribution in [3.8, 4) is 0 Å². The van der Waals surface area contributed by atoms with Crippen molar-refractivity contribution in [2.24, 2.45) is 10.2 Å². The molecule has 0 bridgehead atoms. The highest BCUT2D eigenvalue weighted by molar-refractivity contribution is 6.08. The van der Waals surface area contributed by atoms with E-state index in [4.69, 9.17) is 10.2 Å². The summed E-state index contributed by atoms with van der Waals surface area (Å²) in [6, 6.07) is 8.87. The van der Waals surface area contributed by atoms with Crippen LogP contribution in [0.1, 0.15) is 57.3 Å². The van der Waals surface area contributed by atoms with Crippen LogP contribution >= 0.6 is 0 Å². The number of benzene rings is 2. The summed E-state index contributed by atoms with van der Waals surface area (Å²) in [6.07, 6.45) is 4.22. The minimum absolute atomic E-state index is 1.01. The van der Waals surface area contributed by atoms with Gasteiger partial charge in [0.25, 0.3) is 0 Å². The highest BCUT2D eigenvalue weighted by Crippen LogP contribution is 2.31. The molecule has 0 fully saturated rings. The highest BCUT2D eigenvalue weighted by atomic mass is 15.2. The average Bonchev–Trinajstić information content (AvgIpc) is 3.18. The predicted molar refractivity (Wildman–Crippen MR) is 102 cm³/mol. The summed E-state index contributed by atoms with van der Waals surface area (Å²) >= 11 is 0. The van der Waals surface area contributed by atoms with Crippen molar-refractivity contribution in [1.82, 2.24) is 0 Å². The first kappa shape index (κ1) is 15.3. The molecular formula is C22H24N2. The lowest BCUT2D eigenvalue weighted by Gasteiger charge is -2.08. The van der Waals surface area contributed by atoms with E-state index in [1.807, 2.05) is 0 Å². The number of rotatable bonds is 1. The molecule has 0 spiro atoms. The molecule has 0 atom stereocenters. The molecule has 4 rings (SSSR count). The number of hydrogen-bond donors (Lipinski definition) is 0. The summed E-state index contributed by atoms with van der Waals surface area (Å²) in [4.78, 5) is 0. The zero-order chi connectivity index (χ0) is 16.8. The Morgan fingerprint density at radius 2 is 0.917 bits per heavy atom. The molecular weight excluding hydrogens is 292 g/mol. The molecule has 0 saturated carbocycles. The maximum Gasteiger partial charge on any atom is 0.0711 e. The monoisotopic (exact) mass is 316 g/mol. The van der Waals surface area contributed by atoms with Gasteiger partial charge in [-0.1, -0.05) is 24.3 Å². The second-order valence-electron chi connectivity index (χ2n) is 7.20. The van der Waals surface area contributed by atoms with Gasteiger partial charge in [-0.15, -0.1) is 0 Å². The van der Waals surface area contributed by atoms with E-state index in [0.717, 1.165) is 37.1 Å². The zero-order valence-electron chi connectivity index (χ0n) is 15.0. The minimum atomic E-state index is 1.01. The van der Waals surface area contributed by atoms with E-state index in [1.165, 1.54) is 44.5 Å². The van der Waals surface area contributed by atoms with Crippen molar-refractivity contribution in [2.75, 3.05) is 0 Å². The molecule has 0 aromatic heterocycles. The van der Waals surface area contributed by atoms with Crippen LogP contribution in [-0.4, -0.2) is 11.4 Å². The molecule has 2 aromatic carbocycles. The van der Waals surface area contributed by atoms with Gasteiger partial charge in [0.05, 0.1) is 11.4 Å². The van der Waals surface area contributed by atoms with Crippen LogP contribution in [0.2, 0.25) is 0 Å². The van der Waals surface area contributed by atoms with Crippen LogP contribution in [0.25, 0.3) is 0 Å². The van der Waals surface area contributed by atoms with E-state index in [1.54, 1.807) is 0 Å². The van der Waals surface area contributed by atoms with Gasteiger partial charge >= 0.3 is 0 Å². The lowest BCUT2D eigenvalue weighted by Crippen LogP contribution is -2.01. The Hall–Kier alpha value is -2.22. The third kappa shape index (κ3) is 2.32. The van der Waals surface area contributed by atoms with Gasteiger partial charge in [-0.3, -0.25) is 0 Å². The Kier molecular flexibility index (Phi) is 3.64. The average molecular weight is 316 g/mol. The Labute approximate surface area is 144 Å². The number of nitrogens with zero attached hydrogens (tertiary/aromatic N) is 2. The van der Waals surface area contributed by atoms with Crippen molar-refractivity contribution >= 4 is 11.4 Å². The smallest absolute Gasteiger partial charge is 0.0711 e. The summed E-state index contributed by atoms with van der Waals surface area (Å²) < 4.78 is 0. The quantitative estimate of drug-likeness (QED) is 0.661. The van der Waals surface area contributed by atoms with Crippen LogP contribution in [0, 0.1) is 27.7 Å². The third-order valence-corrected chi connectivity index (χ3v) is 5.60. The molecule has 122 valence electrons. The van der Waals surface area contributed by atoms with E-state index < -0.39 is 0 Å². The third-order valence-electron chi connectivity index (χ3n) is 5.60. The van der Waals surface area contributed by atoms with E-state index >= 15 is 0 Å². The van der Waals surface area contributed by atoms with Gasteiger partial charge in [-0.2, -0.15) is 10.2 Å². The Morgan fingerprint density at radius 3 is 1.33 bits per heavy atom.